The molecule has 0 aromatic heterocycles. The number of benzene rings is 1. The van der Waals surface area contributed by atoms with Crippen molar-refractivity contribution >= 4 is 11.6 Å². The Morgan fingerprint density at radius 2 is 1.67 bits per heavy atom. The van der Waals surface area contributed by atoms with Gasteiger partial charge in [0.1, 0.15) is 0 Å². The van der Waals surface area contributed by atoms with Crippen LogP contribution in [0.1, 0.15) is 33.3 Å². The predicted octanol–water partition coefficient (Wildman–Crippen LogP) is 3.49. The third kappa shape index (κ3) is 3.47. The van der Waals surface area contributed by atoms with Gasteiger partial charge in [0.2, 0.25) is 0 Å². The van der Waals surface area contributed by atoms with Gasteiger partial charge in [-0.1, -0.05) is 51.4 Å². The molecule has 0 aliphatic heterocycles. The summed E-state index contributed by atoms with van der Waals surface area (Å²) in [5.74, 6) is 0.374. The molecule has 0 fully saturated rings. The van der Waals surface area contributed by atoms with Crippen LogP contribution in [0.3, 0.4) is 0 Å². The van der Waals surface area contributed by atoms with Crippen molar-refractivity contribution in [2.24, 2.45) is 11.7 Å². The molecule has 1 aromatic rings. The Bertz CT molecular complexity index is 357. The highest BCUT2D eigenvalue weighted by Gasteiger charge is 2.32. The summed E-state index contributed by atoms with van der Waals surface area (Å²) in [6, 6.07) is 7.93. The van der Waals surface area contributed by atoms with Gasteiger partial charge in [-0.05, 0) is 36.7 Å². The van der Waals surface area contributed by atoms with Crippen LogP contribution in [0.2, 0.25) is 5.02 Å². The summed E-state index contributed by atoms with van der Waals surface area (Å²) in [5, 5.41) is 0.757. The molecule has 2 N–H and O–H groups in total. The van der Waals surface area contributed by atoms with Gasteiger partial charge in [-0.3, -0.25) is 0 Å². The van der Waals surface area contributed by atoms with Gasteiger partial charge in [0.15, 0.2) is 0 Å². The van der Waals surface area contributed by atoms with E-state index in [9.17, 15) is 0 Å². The summed E-state index contributed by atoms with van der Waals surface area (Å²) in [6.45, 7) is 11.6. The lowest BCUT2D eigenvalue weighted by Crippen LogP contribution is -2.51. The highest BCUT2D eigenvalue weighted by atomic mass is 35.5. The minimum Gasteiger partial charge on any atom is -0.320 e. The summed E-state index contributed by atoms with van der Waals surface area (Å²) in [4.78, 5) is 2.37. The zero-order chi connectivity index (χ0) is 13.8. The van der Waals surface area contributed by atoms with E-state index in [4.69, 9.17) is 17.3 Å². The molecule has 1 atom stereocenters. The van der Waals surface area contributed by atoms with Crippen LogP contribution in [-0.2, 0) is 5.54 Å². The molecule has 0 amide bonds. The summed E-state index contributed by atoms with van der Waals surface area (Å²) >= 11 is 5.95. The fraction of sp³-hybridized carbons (Fsp3) is 0.600. The lowest BCUT2D eigenvalue weighted by atomic mass is 9.80. The molecule has 1 rings (SSSR count). The predicted molar refractivity (Wildman–Crippen MR) is 79.9 cm³/mol. The Balaban J connectivity index is 3.03. The van der Waals surface area contributed by atoms with E-state index < -0.39 is 0 Å². The van der Waals surface area contributed by atoms with Gasteiger partial charge in [0.25, 0.3) is 0 Å². The maximum Gasteiger partial charge on any atom is 0.0561 e. The standard InChI is InChI=1S/C15H25ClN2/c1-5-18(6-2)11-15(17,12(3)4)13-7-9-14(16)10-8-13/h7-10,12H,5-6,11,17H2,1-4H3. The summed E-state index contributed by atoms with van der Waals surface area (Å²) in [7, 11) is 0. The SMILES string of the molecule is CCN(CC)CC(N)(c1ccc(Cl)cc1)C(C)C. The van der Waals surface area contributed by atoms with Crippen molar-refractivity contribution in [1.29, 1.82) is 0 Å². The van der Waals surface area contributed by atoms with Gasteiger partial charge in [-0.15, -0.1) is 0 Å². The smallest absolute Gasteiger partial charge is 0.0561 e. The molecule has 3 heteroatoms. The monoisotopic (exact) mass is 268 g/mol. The lowest BCUT2D eigenvalue weighted by molar-refractivity contribution is 0.184. The van der Waals surface area contributed by atoms with Crippen molar-refractivity contribution in [2.45, 2.75) is 33.2 Å². The van der Waals surface area contributed by atoms with Gasteiger partial charge in [0.05, 0.1) is 5.54 Å². The highest BCUT2D eigenvalue weighted by molar-refractivity contribution is 6.30. The summed E-state index contributed by atoms with van der Waals surface area (Å²) in [5.41, 5.74) is 7.52. The van der Waals surface area contributed by atoms with Crippen LogP contribution >= 0.6 is 11.6 Å². The largest absolute Gasteiger partial charge is 0.320 e. The van der Waals surface area contributed by atoms with Crippen molar-refractivity contribution in [3.05, 3.63) is 34.9 Å². The van der Waals surface area contributed by atoms with E-state index in [-0.39, 0.29) is 5.54 Å². The number of hydrogen-bond acceptors (Lipinski definition) is 2. The first-order valence-electron chi connectivity index (χ1n) is 6.71. The van der Waals surface area contributed by atoms with E-state index in [2.05, 4.69) is 32.6 Å². The van der Waals surface area contributed by atoms with E-state index in [1.54, 1.807) is 0 Å². The number of nitrogens with zero attached hydrogens (tertiary/aromatic N) is 1. The first-order valence-corrected chi connectivity index (χ1v) is 7.09. The van der Waals surface area contributed by atoms with Crippen molar-refractivity contribution in [3.8, 4) is 0 Å². The van der Waals surface area contributed by atoms with Crippen LogP contribution in [-0.4, -0.2) is 24.5 Å². The van der Waals surface area contributed by atoms with E-state index in [1.165, 1.54) is 0 Å². The van der Waals surface area contributed by atoms with Crippen molar-refractivity contribution in [3.63, 3.8) is 0 Å². The number of nitrogens with two attached hydrogens (primary N) is 1. The summed E-state index contributed by atoms with van der Waals surface area (Å²) < 4.78 is 0. The Morgan fingerprint density at radius 3 is 2.06 bits per heavy atom. The first-order chi connectivity index (χ1) is 8.43. The quantitative estimate of drug-likeness (QED) is 0.856. The maximum absolute atomic E-state index is 6.68. The average Bonchev–Trinajstić information content (AvgIpc) is 2.36. The molecule has 1 aromatic carbocycles. The zero-order valence-electron chi connectivity index (χ0n) is 11.9. The van der Waals surface area contributed by atoms with Crippen LogP contribution in [0, 0.1) is 5.92 Å². The van der Waals surface area contributed by atoms with E-state index in [0.717, 1.165) is 30.2 Å². The second-order valence-corrected chi connectivity index (χ2v) is 5.60. The topological polar surface area (TPSA) is 29.3 Å². The van der Waals surface area contributed by atoms with Crippen LogP contribution < -0.4 is 5.73 Å². The molecule has 102 valence electrons. The second-order valence-electron chi connectivity index (χ2n) is 5.16. The Kier molecular flexibility index (Phi) is 5.64. The van der Waals surface area contributed by atoms with Gasteiger partial charge >= 0.3 is 0 Å². The molecule has 0 bridgehead atoms. The van der Waals surface area contributed by atoms with Gasteiger partial charge in [-0.2, -0.15) is 0 Å². The molecule has 18 heavy (non-hydrogen) atoms. The fourth-order valence-electron chi connectivity index (χ4n) is 2.18. The highest BCUT2D eigenvalue weighted by Crippen LogP contribution is 2.29. The minimum absolute atomic E-state index is 0.323. The molecule has 0 aliphatic carbocycles. The molecule has 0 heterocycles. The maximum atomic E-state index is 6.68. The van der Waals surface area contributed by atoms with E-state index >= 15 is 0 Å². The van der Waals surface area contributed by atoms with Crippen molar-refractivity contribution < 1.29 is 0 Å². The normalized spacial score (nSPS) is 15.1. The molecule has 1 unspecified atom stereocenters. The van der Waals surface area contributed by atoms with E-state index in [0.29, 0.717) is 5.92 Å². The Morgan fingerprint density at radius 1 is 1.17 bits per heavy atom. The fourth-order valence-corrected chi connectivity index (χ4v) is 2.31. The average molecular weight is 269 g/mol. The summed E-state index contributed by atoms with van der Waals surface area (Å²) in [6.07, 6.45) is 0. The Hall–Kier alpha value is -0.570. The molecule has 0 aliphatic rings. The minimum atomic E-state index is -0.323. The molecular weight excluding hydrogens is 244 g/mol. The zero-order valence-corrected chi connectivity index (χ0v) is 12.7. The first kappa shape index (κ1) is 15.5. The van der Waals surface area contributed by atoms with Gasteiger partial charge < -0.3 is 10.6 Å². The van der Waals surface area contributed by atoms with Crippen molar-refractivity contribution in [1.82, 2.24) is 4.90 Å². The number of halogens is 1. The second kappa shape index (κ2) is 6.55. The molecule has 0 spiro atoms. The number of rotatable bonds is 6. The van der Waals surface area contributed by atoms with E-state index in [1.807, 2.05) is 24.3 Å². The lowest BCUT2D eigenvalue weighted by Gasteiger charge is -2.38. The molecule has 0 saturated carbocycles. The number of hydrogen-bond donors (Lipinski definition) is 1. The third-order valence-electron chi connectivity index (χ3n) is 3.79. The van der Waals surface area contributed by atoms with Crippen LogP contribution in [0.5, 0.6) is 0 Å². The third-order valence-corrected chi connectivity index (χ3v) is 4.04. The number of likely N-dealkylation sites (N-methyl/N-ethyl adjacent to an activating group) is 1. The Labute approximate surface area is 116 Å². The molecule has 0 saturated heterocycles. The molecule has 2 nitrogen and oxygen atoms in total. The van der Waals surface area contributed by atoms with Gasteiger partial charge in [0, 0.05) is 11.6 Å². The van der Waals surface area contributed by atoms with Crippen LogP contribution in [0.4, 0.5) is 0 Å². The molecular formula is C15H25ClN2. The van der Waals surface area contributed by atoms with Crippen LogP contribution in [0.15, 0.2) is 24.3 Å². The van der Waals surface area contributed by atoms with Gasteiger partial charge in [-0.25, -0.2) is 0 Å². The molecule has 0 radical (unpaired) electrons. The van der Waals surface area contributed by atoms with Crippen molar-refractivity contribution in [2.75, 3.05) is 19.6 Å². The van der Waals surface area contributed by atoms with Crippen LogP contribution in [0.25, 0.3) is 0 Å².